The monoisotopic (exact) mass is 264 g/mol. The zero-order chi connectivity index (χ0) is 14.4. The molecular weight excluding hydrogens is 251 g/mol. The summed E-state index contributed by atoms with van der Waals surface area (Å²) in [6.45, 7) is 1.48. The Morgan fingerprint density at radius 3 is 2.63 bits per heavy atom. The smallest absolute Gasteiger partial charge is 0.321 e. The molecule has 1 aromatic carbocycles. The number of nitrogens with one attached hydrogen (secondary N) is 3. The van der Waals surface area contributed by atoms with Crippen LogP contribution < -0.4 is 16.0 Å². The zero-order valence-electron chi connectivity index (χ0n) is 10.5. The molecule has 1 aromatic rings. The largest absolute Gasteiger partial charge is 0.372 e. The number of nitriles is 1. The van der Waals surface area contributed by atoms with Gasteiger partial charge in [0.05, 0.1) is 17.3 Å². The quantitative estimate of drug-likeness (QED) is 0.757. The van der Waals surface area contributed by atoms with E-state index in [9.17, 15) is 14.0 Å². The highest BCUT2D eigenvalue weighted by Crippen LogP contribution is 2.16. The lowest BCUT2D eigenvalue weighted by atomic mass is 10.2. The molecule has 1 unspecified atom stereocenters. The lowest BCUT2D eigenvalue weighted by Gasteiger charge is -2.15. The van der Waals surface area contributed by atoms with Crippen LogP contribution in [0.4, 0.5) is 14.9 Å². The van der Waals surface area contributed by atoms with Crippen molar-refractivity contribution < 1.29 is 14.0 Å². The summed E-state index contributed by atoms with van der Waals surface area (Å²) in [5, 5.41) is 15.5. The molecule has 0 aromatic heterocycles. The first-order valence-corrected chi connectivity index (χ1v) is 5.46. The number of carbonyl (C=O) groups excluding carboxylic acids is 2. The number of benzene rings is 1. The van der Waals surface area contributed by atoms with Crippen LogP contribution in [-0.2, 0) is 4.79 Å². The summed E-state index contributed by atoms with van der Waals surface area (Å²) in [5.41, 5.74) is 0.268. The Labute approximate surface area is 109 Å². The molecule has 19 heavy (non-hydrogen) atoms. The fraction of sp³-hybridized carbons (Fsp3) is 0.250. The van der Waals surface area contributed by atoms with Gasteiger partial charge in [0.15, 0.2) is 0 Å². The van der Waals surface area contributed by atoms with Crippen molar-refractivity contribution in [2.75, 3.05) is 12.4 Å². The molecule has 0 spiro atoms. The van der Waals surface area contributed by atoms with Gasteiger partial charge >= 0.3 is 6.03 Å². The van der Waals surface area contributed by atoms with Crippen LogP contribution in [0, 0.1) is 17.1 Å². The van der Waals surface area contributed by atoms with E-state index < -0.39 is 23.8 Å². The average Bonchev–Trinajstić information content (AvgIpc) is 2.40. The first kappa shape index (κ1) is 14.4. The summed E-state index contributed by atoms with van der Waals surface area (Å²) in [6, 6.07) is 4.20. The third kappa shape index (κ3) is 3.96. The van der Waals surface area contributed by atoms with Gasteiger partial charge in [0.25, 0.3) is 0 Å². The Hall–Kier alpha value is -2.62. The number of halogens is 1. The number of rotatable bonds is 3. The molecule has 0 radical (unpaired) electrons. The Kier molecular flexibility index (Phi) is 4.83. The second-order valence-electron chi connectivity index (χ2n) is 3.74. The van der Waals surface area contributed by atoms with E-state index in [4.69, 9.17) is 5.26 Å². The predicted octanol–water partition coefficient (Wildman–Crippen LogP) is 0.953. The van der Waals surface area contributed by atoms with E-state index in [1.807, 2.05) is 0 Å². The van der Waals surface area contributed by atoms with Crippen molar-refractivity contribution >= 4 is 17.6 Å². The summed E-state index contributed by atoms with van der Waals surface area (Å²) >= 11 is 0. The molecule has 1 rings (SSSR count). The number of hydrogen-bond donors (Lipinski definition) is 3. The van der Waals surface area contributed by atoms with Crippen molar-refractivity contribution in [3.05, 3.63) is 29.6 Å². The first-order valence-electron chi connectivity index (χ1n) is 5.46. The molecule has 0 fully saturated rings. The van der Waals surface area contributed by atoms with Gasteiger partial charge in [-0.3, -0.25) is 10.1 Å². The van der Waals surface area contributed by atoms with Crippen LogP contribution in [0.3, 0.4) is 0 Å². The van der Waals surface area contributed by atoms with Crippen molar-refractivity contribution in [1.29, 1.82) is 5.26 Å². The summed E-state index contributed by atoms with van der Waals surface area (Å²) in [7, 11) is 1.38. The molecule has 6 nitrogen and oxygen atoms in total. The lowest BCUT2D eigenvalue weighted by molar-refractivity contribution is -0.120. The number of anilines is 1. The van der Waals surface area contributed by atoms with Crippen LogP contribution in [0.15, 0.2) is 18.2 Å². The maximum atomic E-state index is 13.6. The Balaban J connectivity index is 2.72. The number of nitrogens with zero attached hydrogens (tertiary/aromatic N) is 1. The molecule has 3 amide bonds. The molecule has 7 heteroatoms. The van der Waals surface area contributed by atoms with E-state index >= 15 is 0 Å². The van der Waals surface area contributed by atoms with E-state index in [1.165, 1.54) is 26.1 Å². The van der Waals surface area contributed by atoms with Gasteiger partial charge < -0.3 is 10.6 Å². The Bertz CT molecular complexity index is 539. The third-order valence-electron chi connectivity index (χ3n) is 2.33. The molecule has 100 valence electrons. The topological polar surface area (TPSA) is 94.0 Å². The van der Waals surface area contributed by atoms with Crippen molar-refractivity contribution in [1.82, 2.24) is 10.6 Å². The standard InChI is InChI=1S/C12H13FN4O2/c1-7(11(18)17-12(19)15-2)16-10-4-3-8(6-14)5-9(10)13/h3-5,7,16H,1-2H3,(H2,15,17,18,19). The molecule has 0 aliphatic rings. The molecule has 0 bridgehead atoms. The van der Waals surface area contributed by atoms with Crippen molar-refractivity contribution in [3.63, 3.8) is 0 Å². The lowest BCUT2D eigenvalue weighted by Crippen LogP contribution is -2.44. The van der Waals surface area contributed by atoms with Gasteiger partial charge in [-0.2, -0.15) is 5.26 Å². The van der Waals surface area contributed by atoms with Crippen molar-refractivity contribution in [3.8, 4) is 6.07 Å². The van der Waals surface area contributed by atoms with E-state index in [2.05, 4.69) is 16.0 Å². The predicted molar refractivity (Wildman–Crippen MR) is 66.8 cm³/mol. The molecule has 0 aliphatic heterocycles. The molecule has 1 atom stereocenters. The molecular formula is C12H13FN4O2. The van der Waals surface area contributed by atoms with Gasteiger partial charge in [0.2, 0.25) is 5.91 Å². The summed E-state index contributed by atoms with van der Waals surface area (Å²) < 4.78 is 13.6. The van der Waals surface area contributed by atoms with Gasteiger partial charge in [-0.25, -0.2) is 9.18 Å². The van der Waals surface area contributed by atoms with Crippen LogP contribution in [0.25, 0.3) is 0 Å². The van der Waals surface area contributed by atoms with Gasteiger partial charge in [0, 0.05) is 7.05 Å². The highest BCUT2D eigenvalue weighted by atomic mass is 19.1. The summed E-state index contributed by atoms with van der Waals surface area (Å²) in [5.74, 6) is -1.23. The van der Waals surface area contributed by atoms with Crippen LogP contribution >= 0.6 is 0 Å². The maximum Gasteiger partial charge on any atom is 0.321 e. The first-order chi connectivity index (χ1) is 8.97. The highest BCUT2D eigenvalue weighted by molar-refractivity contribution is 5.97. The maximum absolute atomic E-state index is 13.6. The highest BCUT2D eigenvalue weighted by Gasteiger charge is 2.16. The Morgan fingerprint density at radius 2 is 2.11 bits per heavy atom. The molecule has 0 saturated heterocycles. The van der Waals surface area contributed by atoms with Gasteiger partial charge in [-0.1, -0.05) is 0 Å². The number of imide groups is 1. The van der Waals surface area contributed by atoms with Crippen molar-refractivity contribution in [2.24, 2.45) is 0 Å². The fourth-order valence-corrected chi connectivity index (χ4v) is 1.28. The minimum atomic E-state index is -0.806. The molecule has 0 heterocycles. The fourth-order valence-electron chi connectivity index (χ4n) is 1.28. The van der Waals surface area contributed by atoms with Gasteiger partial charge in [0.1, 0.15) is 11.9 Å². The number of carbonyl (C=O) groups is 2. The number of hydrogen-bond acceptors (Lipinski definition) is 4. The minimum Gasteiger partial charge on any atom is -0.372 e. The van der Waals surface area contributed by atoms with Gasteiger partial charge in [-0.05, 0) is 25.1 Å². The van der Waals surface area contributed by atoms with Crippen LogP contribution in [0.2, 0.25) is 0 Å². The minimum absolute atomic E-state index is 0.0820. The van der Waals surface area contributed by atoms with Crippen LogP contribution in [0.1, 0.15) is 12.5 Å². The van der Waals surface area contributed by atoms with Crippen LogP contribution in [-0.4, -0.2) is 25.0 Å². The van der Waals surface area contributed by atoms with E-state index in [1.54, 1.807) is 6.07 Å². The SMILES string of the molecule is CNC(=O)NC(=O)C(C)Nc1ccc(C#N)cc1F. The third-order valence-corrected chi connectivity index (χ3v) is 2.33. The molecule has 0 saturated carbocycles. The molecule has 0 aliphatic carbocycles. The van der Waals surface area contributed by atoms with E-state index in [0.29, 0.717) is 0 Å². The summed E-state index contributed by atoms with van der Waals surface area (Å²) in [6.07, 6.45) is 0. The van der Waals surface area contributed by atoms with E-state index in [-0.39, 0.29) is 11.3 Å². The number of urea groups is 1. The Morgan fingerprint density at radius 1 is 1.42 bits per heavy atom. The number of amides is 3. The zero-order valence-corrected chi connectivity index (χ0v) is 10.5. The second-order valence-corrected chi connectivity index (χ2v) is 3.74. The van der Waals surface area contributed by atoms with Crippen molar-refractivity contribution in [2.45, 2.75) is 13.0 Å². The normalized spacial score (nSPS) is 11.1. The second kappa shape index (κ2) is 6.35. The summed E-state index contributed by atoms with van der Waals surface area (Å²) in [4.78, 5) is 22.5. The van der Waals surface area contributed by atoms with Gasteiger partial charge in [-0.15, -0.1) is 0 Å². The molecule has 3 N–H and O–H groups in total. The van der Waals surface area contributed by atoms with E-state index in [0.717, 1.165) is 6.07 Å². The van der Waals surface area contributed by atoms with Crippen LogP contribution in [0.5, 0.6) is 0 Å². The average molecular weight is 264 g/mol.